The lowest BCUT2D eigenvalue weighted by Crippen LogP contribution is -2.09. The second-order valence-electron chi connectivity index (χ2n) is 3.86. The number of aryl methyl sites for hydroxylation is 1. The number of aromatic nitrogens is 2. The van der Waals surface area contributed by atoms with Crippen molar-refractivity contribution in [1.29, 1.82) is 0 Å². The van der Waals surface area contributed by atoms with Crippen LogP contribution in [-0.2, 0) is 0 Å². The van der Waals surface area contributed by atoms with Crippen LogP contribution in [0.3, 0.4) is 0 Å². The quantitative estimate of drug-likeness (QED) is 0.883. The SMILES string of the molecule is CCNc1nc(C2CCCS2)nc(C)c1F. The Morgan fingerprint density at radius 2 is 2.31 bits per heavy atom. The van der Waals surface area contributed by atoms with E-state index in [0.717, 1.165) is 18.0 Å². The van der Waals surface area contributed by atoms with Crippen molar-refractivity contribution in [2.45, 2.75) is 31.9 Å². The summed E-state index contributed by atoms with van der Waals surface area (Å²) in [4.78, 5) is 8.54. The summed E-state index contributed by atoms with van der Waals surface area (Å²) >= 11 is 1.86. The van der Waals surface area contributed by atoms with Crippen LogP contribution in [0, 0.1) is 12.7 Å². The van der Waals surface area contributed by atoms with Crippen LogP contribution in [0.1, 0.15) is 36.5 Å². The number of hydrogen-bond donors (Lipinski definition) is 1. The molecule has 1 aromatic heterocycles. The van der Waals surface area contributed by atoms with Gasteiger partial charge in [-0.3, -0.25) is 0 Å². The van der Waals surface area contributed by atoms with Crippen LogP contribution in [0.5, 0.6) is 0 Å². The lowest BCUT2D eigenvalue weighted by Gasteiger charge is -2.12. The molecule has 1 aliphatic rings. The highest BCUT2D eigenvalue weighted by Crippen LogP contribution is 2.38. The predicted octanol–water partition coefficient (Wildman–Crippen LogP) is 2.92. The topological polar surface area (TPSA) is 37.8 Å². The molecule has 1 saturated heterocycles. The highest BCUT2D eigenvalue weighted by molar-refractivity contribution is 7.99. The number of hydrogen-bond acceptors (Lipinski definition) is 4. The molecule has 88 valence electrons. The van der Waals surface area contributed by atoms with Gasteiger partial charge in [-0.25, -0.2) is 14.4 Å². The van der Waals surface area contributed by atoms with Gasteiger partial charge in [0.25, 0.3) is 0 Å². The number of anilines is 1. The van der Waals surface area contributed by atoms with Crippen molar-refractivity contribution >= 4 is 17.6 Å². The van der Waals surface area contributed by atoms with Crippen LogP contribution in [0.15, 0.2) is 0 Å². The number of rotatable bonds is 3. The molecule has 0 aromatic carbocycles. The standard InChI is InChI=1S/C11H16FN3S/c1-3-13-11-9(12)7(2)14-10(15-11)8-5-4-6-16-8/h8H,3-6H2,1-2H3,(H,13,14,15). The molecule has 2 rings (SSSR count). The van der Waals surface area contributed by atoms with Crippen molar-refractivity contribution in [1.82, 2.24) is 9.97 Å². The van der Waals surface area contributed by atoms with Crippen molar-refractivity contribution in [3.05, 3.63) is 17.3 Å². The average molecular weight is 241 g/mol. The first-order valence-electron chi connectivity index (χ1n) is 5.62. The zero-order valence-electron chi connectivity index (χ0n) is 9.59. The van der Waals surface area contributed by atoms with Gasteiger partial charge in [0.1, 0.15) is 5.82 Å². The summed E-state index contributed by atoms with van der Waals surface area (Å²) < 4.78 is 13.7. The van der Waals surface area contributed by atoms with Crippen molar-refractivity contribution < 1.29 is 4.39 Å². The van der Waals surface area contributed by atoms with Crippen LogP contribution >= 0.6 is 11.8 Å². The first-order chi connectivity index (χ1) is 7.72. The van der Waals surface area contributed by atoms with E-state index >= 15 is 0 Å². The molecule has 0 amide bonds. The first-order valence-corrected chi connectivity index (χ1v) is 6.66. The highest BCUT2D eigenvalue weighted by Gasteiger charge is 2.22. The van der Waals surface area contributed by atoms with E-state index in [1.165, 1.54) is 6.42 Å². The molecular weight excluding hydrogens is 225 g/mol. The van der Waals surface area contributed by atoms with Gasteiger partial charge in [0.2, 0.25) is 0 Å². The van der Waals surface area contributed by atoms with E-state index in [4.69, 9.17) is 0 Å². The van der Waals surface area contributed by atoms with Crippen LogP contribution in [-0.4, -0.2) is 22.3 Å². The van der Waals surface area contributed by atoms with Gasteiger partial charge in [0.05, 0.1) is 10.9 Å². The molecule has 16 heavy (non-hydrogen) atoms. The second-order valence-corrected chi connectivity index (χ2v) is 5.17. The van der Waals surface area contributed by atoms with Gasteiger partial charge in [-0.15, -0.1) is 0 Å². The summed E-state index contributed by atoms with van der Waals surface area (Å²) in [5.74, 6) is 1.95. The predicted molar refractivity (Wildman–Crippen MR) is 65.3 cm³/mol. The monoisotopic (exact) mass is 241 g/mol. The third-order valence-electron chi connectivity index (χ3n) is 2.60. The van der Waals surface area contributed by atoms with Crippen molar-refractivity contribution in [2.24, 2.45) is 0 Å². The Morgan fingerprint density at radius 3 is 2.94 bits per heavy atom. The van der Waals surface area contributed by atoms with Gasteiger partial charge >= 0.3 is 0 Å². The lowest BCUT2D eigenvalue weighted by atomic mass is 10.2. The van der Waals surface area contributed by atoms with Crippen LogP contribution in [0.25, 0.3) is 0 Å². The van der Waals surface area contributed by atoms with Crippen LogP contribution in [0.2, 0.25) is 0 Å². The Hall–Kier alpha value is -0.840. The molecule has 1 N–H and O–H groups in total. The summed E-state index contributed by atoms with van der Waals surface area (Å²) in [6.07, 6.45) is 2.30. The molecule has 0 saturated carbocycles. The third-order valence-corrected chi connectivity index (χ3v) is 3.97. The summed E-state index contributed by atoms with van der Waals surface area (Å²) in [5, 5.41) is 3.29. The normalized spacial score (nSPS) is 20.1. The number of halogens is 1. The molecular formula is C11H16FN3S. The van der Waals surface area contributed by atoms with Crippen molar-refractivity contribution in [3.63, 3.8) is 0 Å². The Labute approximate surface area is 99.3 Å². The molecule has 0 bridgehead atoms. The van der Waals surface area contributed by atoms with Gasteiger partial charge in [-0.2, -0.15) is 11.8 Å². The molecule has 1 aromatic rings. The molecule has 0 aliphatic carbocycles. The molecule has 1 unspecified atom stereocenters. The van der Waals surface area contributed by atoms with E-state index in [1.807, 2.05) is 18.7 Å². The zero-order chi connectivity index (χ0) is 11.5. The lowest BCUT2D eigenvalue weighted by molar-refractivity contribution is 0.597. The van der Waals surface area contributed by atoms with E-state index < -0.39 is 0 Å². The van der Waals surface area contributed by atoms with Gasteiger partial charge < -0.3 is 5.32 Å². The molecule has 0 spiro atoms. The highest BCUT2D eigenvalue weighted by atomic mass is 32.2. The summed E-state index contributed by atoms with van der Waals surface area (Å²) in [5.41, 5.74) is 0.438. The van der Waals surface area contributed by atoms with Gasteiger partial charge in [0, 0.05) is 6.54 Å². The van der Waals surface area contributed by atoms with Gasteiger partial charge in [0.15, 0.2) is 11.6 Å². The van der Waals surface area contributed by atoms with Gasteiger partial charge in [-0.05, 0) is 32.4 Å². The largest absolute Gasteiger partial charge is 0.368 e. The zero-order valence-corrected chi connectivity index (χ0v) is 10.4. The summed E-state index contributed by atoms with van der Waals surface area (Å²) in [6.45, 7) is 4.30. The minimum atomic E-state index is -0.325. The van der Waals surface area contributed by atoms with Gasteiger partial charge in [-0.1, -0.05) is 0 Å². The summed E-state index contributed by atoms with van der Waals surface area (Å²) in [7, 11) is 0. The fraction of sp³-hybridized carbons (Fsp3) is 0.636. The number of thioether (sulfide) groups is 1. The fourth-order valence-electron chi connectivity index (χ4n) is 1.79. The maximum absolute atomic E-state index is 13.7. The second kappa shape index (κ2) is 4.99. The maximum atomic E-state index is 13.7. The average Bonchev–Trinajstić information content (AvgIpc) is 2.78. The fourth-order valence-corrected chi connectivity index (χ4v) is 3.00. The number of nitrogens with one attached hydrogen (secondary N) is 1. The van der Waals surface area contributed by atoms with E-state index in [9.17, 15) is 4.39 Å². The van der Waals surface area contributed by atoms with Crippen LogP contribution < -0.4 is 5.32 Å². The van der Waals surface area contributed by atoms with E-state index in [2.05, 4.69) is 15.3 Å². The molecule has 3 nitrogen and oxygen atoms in total. The van der Waals surface area contributed by atoms with E-state index in [-0.39, 0.29) is 5.82 Å². The molecule has 1 fully saturated rings. The first kappa shape index (κ1) is 11.6. The molecule has 2 heterocycles. The molecule has 0 radical (unpaired) electrons. The Bertz CT molecular complexity index is 378. The Morgan fingerprint density at radius 1 is 1.50 bits per heavy atom. The minimum Gasteiger partial charge on any atom is -0.368 e. The Balaban J connectivity index is 2.31. The molecule has 5 heteroatoms. The van der Waals surface area contributed by atoms with E-state index in [0.29, 0.717) is 23.3 Å². The molecule has 1 aliphatic heterocycles. The summed E-state index contributed by atoms with van der Waals surface area (Å²) in [6, 6.07) is 0. The Kier molecular flexibility index (Phi) is 3.63. The number of nitrogens with zero attached hydrogens (tertiary/aromatic N) is 2. The van der Waals surface area contributed by atoms with Crippen molar-refractivity contribution in [2.75, 3.05) is 17.6 Å². The minimum absolute atomic E-state index is 0.325. The van der Waals surface area contributed by atoms with Crippen molar-refractivity contribution in [3.8, 4) is 0 Å². The van der Waals surface area contributed by atoms with Crippen LogP contribution in [0.4, 0.5) is 10.2 Å². The smallest absolute Gasteiger partial charge is 0.186 e. The molecule has 1 atom stereocenters. The third kappa shape index (κ3) is 2.29. The maximum Gasteiger partial charge on any atom is 0.186 e. The van der Waals surface area contributed by atoms with E-state index in [1.54, 1.807) is 6.92 Å².